The summed E-state index contributed by atoms with van der Waals surface area (Å²) in [4.78, 5) is 41.8. The first kappa shape index (κ1) is 21.0. The lowest BCUT2D eigenvalue weighted by atomic mass is 9.73. The van der Waals surface area contributed by atoms with Crippen molar-refractivity contribution in [2.75, 3.05) is 26.7 Å². The molecule has 0 unspecified atom stereocenters. The summed E-state index contributed by atoms with van der Waals surface area (Å²) in [5, 5.41) is 27.1. The number of fused-ring (bicyclic) bond motifs is 2. The monoisotopic (exact) mass is 430 g/mol. The summed E-state index contributed by atoms with van der Waals surface area (Å²) in [5.74, 6) is -0.215. The number of aromatic nitrogens is 1. The summed E-state index contributed by atoms with van der Waals surface area (Å²) in [5.41, 5.74) is 1.21. The van der Waals surface area contributed by atoms with Crippen LogP contribution in [-0.2, 0) is 6.42 Å². The number of likely N-dealkylation sites (N-methyl/N-ethyl adjacent to an activating group) is 1. The van der Waals surface area contributed by atoms with Gasteiger partial charge in [0, 0.05) is 54.8 Å². The van der Waals surface area contributed by atoms with Crippen molar-refractivity contribution in [2.45, 2.75) is 44.7 Å². The standard InChI is InChI=1S/C20H26N6O5/c1-4-24(5-2)20(27)22-12-7-13-14(23(3)10-12)6-11-9-21-19-16(26(30)31)8-15(25(28)29)18(13)17(11)19/h8-9,12-14,21H,4-7,10H2,1-3H3,(H,22,27)/t12-,13-,14+/m0/s1. The SMILES string of the molecule is CCN(CC)C(=O)N[C@H]1C[C@@H]2c3c([N+](=O)[O-])cc([N+](=O)[O-])c4[nH]cc(c34)C[C@H]2N(C)C1. The van der Waals surface area contributed by atoms with Crippen molar-refractivity contribution >= 4 is 28.3 Å². The normalized spacial score (nSPS) is 22.7. The average Bonchev–Trinajstić information content (AvgIpc) is 3.13. The van der Waals surface area contributed by atoms with E-state index in [9.17, 15) is 25.0 Å². The van der Waals surface area contributed by atoms with Crippen molar-refractivity contribution in [2.24, 2.45) is 0 Å². The molecule has 0 bridgehead atoms. The van der Waals surface area contributed by atoms with Crippen LogP contribution >= 0.6 is 0 Å². The predicted octanol–water partition coefficient (Wildman–Crippen LogP) is 2.75. The zero-order valence-corrected chi connectivity index (χ0v) is 17.8. The van der Waals surface area contributed by atoms with E-state index in [1.54, 1.807) is 11.1 Å². The Labute approximate surface area is 178 Å². The molecule has 1 aromatic heterocycles. The van der Waals surface area contributed by atoms with Gasteiger partial charge in [0.1, 0.15) is 5.52 Å². The Morgan fingerprint density at radius 2 is 1.94 bits per heavy atom. The molecular weight excluding hydrogens is 404 g/mol. The minimum atomic E-state index is -0.585. The number of H-pyrrole nitrogens is 1. The van der Waals surface area contributed by atoms with Gasteiger partial charge in [0.2, 0.25) is 0 Å². The number of carbonyl (C=O) groups excluding carboxylic acids is 1. The van der Waals surface area contributed by atoms with E-state index >= 15 is 0 Å². The van der Waals surface area contributed by atoms with Gasteiger partial charge < -0.3 is 20.1 Å². The van der Waals surface area contributed by atoms with Crippen molar-refractivity contribution in [1.29, 1.82) is 0 Å². The van der Waals surface area contributed by atoms with Crippen molar-refractivity contribution in [1.82, 2.24) is 20.1 Å². The van der Waals surface area contributed by atoms with Crippen LogP contribution in [0.1, 0.15) is 37.3 Å². The highest BCUT2D eigenvalue weighted by Crippen LogP contribution is 2.49. The van der Waals surface area contributed by atoms with Crippen LogP contribution in [-0.4, -0.2) is 69.4 Å². The van der Waals surface area contributed by atoms with Crippen LogP contribution in [0.15, 0.2) is 12.3 Å². The number of benzene rings is 1. The first-order chi connectivity index (χ1) is 14.8. The van der Waals surface area contributed by atoms with E-state index in [1.807, 2.05) is 20.9 Å². The molecule has 1 aromatic carbocycles. The highest BCUT2D eigenvalue weighted by molar-refractivity contribution is 5.97. The zero-order valence-electron chi connectivity index (χ0n) is 17.8. The van der Waals surface area contributed by atoms with Gasteiger partial charge in [-0.1, -0.05) is 0 Å². The lowest BCUT2D eigenvalue weighted by Crippen LogP contribution is -2.56. The number of nitro groups is 2. The van der Waals surface area contributed by atoms with E-state index in [0.717, 1.165) is 11.6 Å². The molecule has 0 radical (unpaired) electrons. The maximum atomic E-state index is 12.6. The van der Waals surface area contributed by atoms with Crippen LogP contribution in [0.3, 0.4) is 0 Å². The fourth-order valence-corrected chi connectivity index (χ4v) is 5.26. The molecule has 1 fully saturated rings. The second-order valence-electron chi connectivity index (χ2n) is 8.28. The Hall–Kier alpha value is -3.21. The molecule has 31 heavy (non-hydrogen) atoms. The molecule has 2 aromatic rings. The van der Waals surface area contributed by atoms with E-state index in [0.29, 0.717) is 48.9 Å². The summed E-state index contributed by atoms with van der Waals surface area (Å²) >= 11 is 0. The molecule has 1 saturated heterocycles. The third kappa shape index (κ3) is 3.38. The lowest BCUT2D eigenvalue weighted by Gasteiger charge is -2.45. The number of hydrogen-bond donors (Lipinski definition) is 2. The fraction of sp³-hybridized carbons (Fsp3) is 0.550. The smallest absolute Gasteiger partial charge is 0.317 e. The Morgan fingerprint density at radius 3 is 2.55 bits per heavy atom. The van der Waals surface area contributed by atoms with Crippen LogP contribution in [0.4, 0.5) is 16.2 Å². The lowest BCUT2D eigenvalue weighted by molar-refractivity contribution is -0.393. The number of hydrogen-bond acceptors (Lipinski definition) is 6. The molecule has 11 nitrogen and oxygen atoms in total. The third-order valence-corrected chi connectivity index (χ3v) is 6.69. The number of rotatable bonds is 5. The number of likely N-dealkylation sites (tertiary alicyclic amines) is 1. The quantitative estimate of drug-likeness (QED) is 0.553. The number of nitrogens with zero attached hydrogens (tertiary/aromatic N) is 4. The molecule has 0 spiro atoms. The molecule has 0 saturated carbocycles. The number of urea groups is 1. The Bertz CT molecular complexity index is 1060. The van der Waals surface area contributed by atoms with Crippen LogP contribution in [0.2, 0.25) is 0 Å². The molecule has 11 heteroatoms. The summed E-state index contributed by atoms with van der Waals surface area (Å²) in [6.45, 7) is 5.66. The molecule has 2 amide bonds. The number of aromatic amines is 1. The molecular formula is C20H26N6O5. The van der Waals surface area contributed by atoms with Gasteiger partial charge in [0.15, 0.2) is 0 Å². The van der Waals surface area contributed by atoms with Gasteiger partial charge in [-0.05, 0) is 39.3 Å². The molecule has 1 aliphatic carbocycles. The number of non-ortho nitro benzene ring substituents is 1. The van der Waals surface area contributed by atoms with Gasteiger partial charge in [0.05, 0.1) is 15.9 Å². The Balaban J connectivity index is 1.78. The van der Waals surface area contributed by atoms with Gasteiger partial charge in [-0.3, -0.25) is 20.2 Å². The molecule has 1 aliphatic heterocycles. The summed E-state index contributed by atoms with van der Waals surface area (Å²) in [6.07, 6.45) is 2.91. The third-order valence-electron chi connectivity index (χ3n) is 6.69. The molecule has 4 rings (SSSR count). The number of piperidine rings is 1. The molecule has 3 atom stereocenters. The Morgan fingerprint density at radius 1 is 1.26 bits per heavy atom. The minimum Gasteiger partial charge on any atom is -0.355 e. The number of carbonyl (C=O) groups is 1. The highest BCUT2D eigenvalue weighted by Gasteiger charge is 2.44. The summed E-state index contributed by atoms with van der Waals surface area (Å²) in [7, 11) is 1.96. The fourth-order valence-electron chi connectivity index (χ4n) is 5.26. The highest BCUT2D eigenvalue weighted by atomic mass is 16.6. The molecule has 2 aliphatic rings. The van der Waals surface area contributed by atoms with Crippen molar-refractivity contribution in [3.05, 3.63) is 43.6 Å². The minimum absolute atomic E-state index is 0.0215. The van der Waals surface area contributed by atoms with Crippen LogP contribution in [0.25, 0.3) is 10.9 Å². The molecule has 166 valence electrons. The largest absolute Gasteiger partial charge is 0.355 e. The summed E-state index contributed by atoms with van der Waals surface area (Å²) < 4.78 is 0. The average molecular weight is 430 g/mol. The van der Waals surface area contributed by atoms with Crippen molar-refractivity contribution in [3.63, 3.8) is 0 Å². The number of nitro benzene ring substituents is 2. The summed E-state index contributed by atoms with van der Waals surface area (Å²) in [6, 6.07) is 0.764. The van der Waals surface area contributed by atoms with Crippen molar-refractivity contribution in [3.8, 4) is 0 Å². The number of nitrogens with one attached hydrogen (secondary N) is 2. The van der Waals surface area contributed by atoms with E-state index in [2.05, 4.69) is 15.2 Å². The van der Waals surface area contributed by atoms with Gasteiger partial charge in [0.25, 0.3) is 11.4 Å². The van der Waals surface area contributed by atoms with E-state index in [-0.39, 0.29) is 35.4 Å². The van der Waals surface area contributed by atoms with Crippen LogP contribution < -0.4 is 5.32 Å². The van der Waals surface area contributed by atoms with Gasteiger partial charge in [-0.25, -0.2) is 4.79 Å². The second-order valence-corrected chi connectivity index (χ2v) is 8.28. The maximum Gasteiger partial charge on any atom is 0.317 e. The van der Waals surface area contributed by atoms with Gasteiger partial charge in [-0.15, -0.1) is 0 Å². The molecule has 2 heterocycles. The van der Waals surface area contributed by atoms with Gasteiger partial charge in [-0.2, -0.15) is 0 Å². The van der Waals surface area contributed by atoms with E-state index in [4.69, 9.17) is 0 Å². The Kier molecular flexibility index (Phi) is 5.29. The zero-order chi connectivity index (χ0) is 22.4. The van der Waals surface area contributed by atoms with Crippen molar-refractivity contribution < 1.29 is 14.6 Å². The maximum absolute atomic E-state index is 12.6. The molecule has 2 N–H and O–H groups in total. The van der Waals surface area contributed by atoms with Crippen LogP contribution in [0.5, 0.6) is 0 Å². The predicted molar refractivity (Wildman–Crippen MR) is 114 cm³/mol. The number of amides is 2. The topological polar surface area (TPSA) is 138 Å². The first-order valence-electron chi connectivity index (χ1n) is 10.5. The van der Waals surface area contributed by atoms with Crippen LogP contribution in [0, 0.1) is 20.2 Å². The van der Waals surface area contributed by atoms with Gasteiger partial charge >= 0.3 is 6.03 Å². The second kappa shape index (κ2) is 7.80. The van der Waals surface area contributed by atoms with E-state index in [1.165, 1.54) is 0 Å². The first-order valence-corrected chi connectivity index (χ1v) is 10.5. The van der Waals surface area contributed by atoms with E-state index < -0.39 is 9.85 Å².